The van der Waals surface area contributed by atoms with Gasteiger partial charge in [-0.25, -0.2) is 0 Å². The number of nitrogens with two attached hydrogens (primary N) is 1. The van der Waals surface area contributed by atoms with Crippen LogP contribution in [0.3, 0.4) is 0 Å². The van der Waals surface area contributed by atoms with Crippen LogP contribution in [-0.4, -0.2) is 19.9 Å². The minimum Gasteiger partial charge on any atom is -0.399 e. The first-order valence-corrected chi connectivity index (χ1v) is 6.40. The second kappa shape index (κ2) is 4.80. The average molecular weight is 269 g/mol. The van der Waals surface area contributed by atoms with Crippen molar-refractivity contribution < 1.29 is 4.52 Å². The molecule has 0 radical (unpaired) electrons. The molecule has 0 saturated heterocycles. The van der Waals surface area contributed by atoms with E-state index in [4.69, 9.17) is 10.3 Å². The molecule has 0 aliphatic carbocycles. The van der Waals surface area contributed by atoms with E-state index in [2.05, 4.69) is 22.2 Å². The van der Waals surface area contributed by atoms with Gasteiger partial charge in [0.25, 0.3) is 5.89 Å². The van der Waals surface area contributed by atoms with Crippen molar-refractivity contribution in [2.75, 3.05) is 5.73 Å². The lowest BCUT2D eigenvalue weighted by atomic mass is 10.2. The summed E-state index contributed by atoms with van der Waals surface area (Å²) in [7, 11) is 1.86. The SMILES string of the molecule is CCc1cc(-c2nc(-c3ccc(N)cc3)no2)n(C)n1. The highest BCUT2D eigenvalue weighted by molar-refractivity contribution is 5.60. The van der Waals surface area contributed by atoms with Gasteiger partial charge in [-0.05, 0) is 36.8 Å². The lowest BCUT2D eigenvalue weighted by Crippen LogP contribution is -1.94. The Morgan fingerprint density at radius 2 is 2.00 bits per heavy atom. The number of benzene rings is 1. The highest BCUT2D eigenvalue weighted by Gasteiger charge is 2.15. The van der Waals surface area contributed by atoms with E-state index in [0.29, 0.717) is 17.4 Å². The molecule has 0 spiro atoms. The van der Waals surface area contributed by atoms with Crippen LogP contribution in [0.2, 0.25) is 0 Å². The van der Waals surface area contributed by atoms with Gasteiger partial charge < -0.3 is 10.3 Å². The summed E-state index contributed by atoms with van der Waals surface area (Å²) in [6, 6.07) is 9.31. The van der Waals surface area contributed by atoms with Gasteiger partial charge in [0.2, 0.25) is 5.82 Å². The summed E-state index contributed by atoms with van der Waals surface area (Å²) < 4.78 is 7.07. The summed E-state index contributed by atoms with van der Waals surface area (Å²) >= 11 is 0. The van der Waals surface area contributed by atoms with Crippen LogP contribution >= 0.6 is 0 Å². The van der Waals surface area contributed by atoms with E-state index in [1.807, 2.05) is 37.4 Å². The molecule has 20 heavy (non-hydrogen) atoms. The number of anilines is 1. The number of aryl methyl sites for hydroxylation is 2. The molecular formula is C14H15N5O. The molecule has 6 heteroatoms. The van der Waals surface area contributed by atoms with Crippen LogP contribution in [0, 0.1) is 0 Å². The maximum atomic E-state index is 5.66. The zero-order chi connectivity index (χ0) is 14.1. The number of nitrogens with zero attached hydrogens (tertiary/aromatic N) is 4. The van der Waals surface area contributed by atoms with Crippen LogP contribution in [0.4, 0.5) is 5.69 Å². The third-order valence-electron chi connectivity index (χ3n) is 3.11. The topological polar surface area (TPSA) is 82.8 Å². The molecule has 3 aromatic rings. The third-order valence-corrected chi connectivity index (χ3v) is 3.11. The van der Waals surface area contributed by atoms with Crippen LogP contribution < -0.4 is 5.73 Å². The molecule has 0 bridgehead atoms. The van der Waals surface area contributed by atoms with Crippen LogP contribution in [-0.2, 0) is 13.5 Å². The van der Waals surface area contributed by atoms with Crippen LogP contribution in [0.25, 0.3) is 23.0 Å². The Labute approximate surface area is 116 Å². The van der Waals surface area contributed by atoms with E-state index in [9.17, 15) is 0 Å². The predicted molar refractivity (Wildman–Crippen MR) is 75.7 cm³/mol. The van der Waals surface area contributed by atoms with Gasteiger partial charge in [0.1, 0.15) is 5.69 Å². The molecule has 0 saturated carbocycles. The number of rotatable bonds is 3. The van der Waals surface area contributed by atoms with Crippen molar-refractivity contribution >= 4 is 5.69 Å². The van der Waals surface area contributed by atoms with Gasteiger partial charge in [-0.1, -0.05) is 12.1 Å². The lowest BCUT2D eigenvalue weighted by molar-refractivity contribution is 0.428. The van der Waals surface area contributed by atoms with Gasteiger partial charge in [-0.2, -0.15) is 10.1 Å². The molecular weight excluding hydrogens is 254 g/mol. The second-order valence-electron chi connectivity index (χ2n) is 4.54. The van der Waals surface area contributed by atoms with Crippen LogP contribution in [0.5, 0.6) is 0 Å². The Balaban J connectivity index is 1.97. The molecule has 2 N–H and O–H groups in total. The fraction of sp³-hybridized carbons (Fsp3) is 0.214. The highest BCUT2D eigenvalue weighted by Crippen LogP contribution is 2.23. The Kier molecular flexibility index (Phi) is 2.98. The van der Waals surface area contributed by atoms with E-state index < -0.39 is 0 Å². The first-order chi connectivity index (χ1) is 9.67. The van der Waals surface area contributed by atoms with Gasteiger partial charge in [0, 0.05) is 18.3 Å². The maximum absolute atomic E-state index is 5.66. The van der Waals surface area contributed by atoms with Gasteiger partial charge in [-0.15, -0.1) is 0 Å². The first-order valence-electron chi connectivity index (χ1n) is 6.40. The normalized spacial score (nSPS) is 10.9. The van der Waals surface area contributed by atoms with E-state index in [-0.39, 0.29) is 0 Å². The largest absolute Gasteiger partial charge is 0.399 e. The molecule has 1 aromatic carbocycles. The third kappa shape index (κ3) is 2.16. The molecule has 2 heterocycles. The Morgan fingerprint density at radius 1 is 1.25 bits per heavy atom. The molecule has 0 unspecified atom stereocenters. The second-order valence-corrected chi connectivity index (χ2v) is 4.54. The molecule has 0 atom stereocenters. The van der Waals surface area contributed by atoms with Crippen LogP contribution in [0.1, 0.15) is 12.6 Å². The number of hydrogen-bond donors (Lipinski definition) is 1. The summed E-state index contributed by atoms with van der Waals surface area (Å²) in [6.07, 6.45) is 0.868. The van der Waals surface area contributed by atoms with Crippen molar-refractivity contribution in [1.29, 1.82) is 0 Å². The molecule has 0 aliphatic heterocycles. The average Bonchev–Trinajstić information content (AvgIpc) is 3.06. The van der Waals surface area contributed by atoms with Gasteiger partial charge in [0.05, 0.1) is 5.69 Å². The van der Waals surface area contributed by atoms with Crippen molar-refractivity contribution in [3.63, 3.8) is 0 Å². The minimum absolute atomic E-state index is 0.464. The summed E-state index contributed by atoms with van der Waals surface area (Å²) in [5.41, 5.74) is 9.05. The Hall–Kier alpha value is -2.63. The van der Waals surface area contributed by atoms with E-state index in [1.165, 1.54) is 0 Å². The Bertz CT molecular complexity index is 726. The van der Waals surface area contributed by atoms with Crippen molar-refractivity contribution in [2.45, 2.75) is 13.3 Å². The maximum Gasteiger partial charge on any atom is 0.276 e. The molecule has 6 nitrogen and oxygen atoms in total. The number of aromatic nitrogens is 4. The fourth-order valence-electron chi connectivity index (χ4n) is 1.98. The van der Waals surface area contributed by atoms with Gasteiger partial charge in [0.15, 0.2) is 0 Å². The first kappa shape index (κ1) is 12.4. The van der Waals surface area contributed by atoms with E-state index in [0.717, 1.165) is 23.4 Å². The van der Waals surface area contributed by atoms with E-state index in [1.54, 1.807) is 4.68 Å². The minimum atomic E-state index is 0.464. The summed E-state index contributed by atoms with van der Waals surface area (Å²) in [5, 5.41) is 8.37. The zero-order valence-electron chi connectivity index (χ0n) is 11.4. The standard InChI is InChI=1S/C14H15N5O/c1-3-11-8-12(19(2)17-11)14-16-13(18-20-14)9-4-6-10(15)7-5-9/h4-8H,3,15H2,1-2H3. The summed E-state index contributed by atoms with van der Waals surface area (Å²) in [5.74, 6) is 1.01. The number of nitrogen functional groups attached to an aromatic ring is 1. The molecule has 102 valence electrons. The molecule has 3 rings (SSSR count). The fourth-order valence-corrected chi connectivity index (χ4v) is 1.98. The van der Waals surface area contributed by atoms with Crippen molar-refractivity contribution in [1.82, 2.24) is 19.9 Å². The van der Waals surface area contributed by atoms with E-state index >= 15 is 0 Å². The quantitative estimate of drug-likeness (QED) is 0.737. The summed E-state index contributed by atoms with van der Waals surface area (Å²) in [4.78, 5) is 4.41. The highest BCUT2D eigenvalue weighted by atomic mass is 16.5. The number of hydrogen-bond acceptors (Lipinski definition) is 5. The van der Waals surface area contributed by atoms with Crippen molar-refractivity contribution in [2.24, 2.45) is 7.05 Å². The molecule has 2 aromatic heterocycles. The Morgan fingerprint density at radius 3 is 2.65 bits per heavy atom. The molecule has 0 aliphatic rings. The molecule has 0 amide bonds. The van der Waals surface area contributed by atoms with Crippen LogP contribution in [0.15, 0.2) is 34.9 Å². The lowest BCUT2D eigenvalue weighted by Gasteiger charge is -1.95. The molecule has 0 fully saturated rings. The smallest absolute Gasteiger partial charge is 0.276 e. The van der Waals surface area contributed by atoms with Gasteiger partial charge in [-0.3, -0.25) is 4.68 Å². The predicted octanol–water partition coefficient (Wildman–Crippen LogP) is 2.28. The zero-order valence-corrected chi connectivity index (χ0v) is 11.4. The van der Waals surface area contributed by atoms with Gasteiger partial charge >= 0.3 is 0 Å². The monoisotopic (exact) mass is 269 g/mol. The summed E-state index contributed by atoms with van der Waals surface area (Å²) in [6.45, 7) is 2.06. The van der Waals surface area contributed by atoms with Crippen molar-refractivity contribution in [3.05, 3.63) is 36.0 Å². The van der Waals surface area contributed by atoms with Crippen molar-refractivity contribution in [3.8, 4) is 23.0 Å².